The Morgan fingerprint density at radius 1 is 0.743 bits per heavy atom. The molecule has 0 bridgehead atoms. The summed E-state index contributed by atoms with van der Waals surface area (Å²) in [7, 11) is 0. The summed E-state index contributed by atoms with van der Waals surface area (Å²) in [4.78, 5) is 41.6. The number of aliphatic carboxylic acids is 2. The van der Waals surface area contributed by atoms with Crippen LogP contribution < -0.4 is 116 Å². The maximum absolute atomic E-state index is 12.3. The number of rotatable bonds is 7. The summed E-state index contributed by atoms with van der Waals surface area (Å²) < 4.78 is 5.40. The maximum atomic E-state index is 12.3. The van der Waals surface area contributed by atoms with E-state index in [1.807, 2.05) is 9.80 Å². The van der Waals surface area contributed by atoms with E-state index in [2.05, 4.69) is 6.07 Å². The first-order valence-corrected chi connectivity index (χ1v) is 10.4. The molecule has 184 valence electrons. The summed E-state index contributed by atoms with van der Waals surface area (Å²) in [5.74, 6) is -2.82. The monoisotopic (exact) mass is 587 g/mol. The SMILES string of the molecule is CC(C)(C)OC(=O)CN1CCN(CC#N)CCN(CC(=O)[O-])CCN(CC(=O)[O-])CC1.[Br-].[Na+].[Na+].[Na+]. The molecule has 0 aromatic heterocycles. The molecule has 1 rings (SSSR count). The van der Waals surface area contributed by atoms with E-state index < -0.39 is 17.5 Å². The van der Waals surface area contributed by atoms with Crippen LogP contribution in [-0.2, 0) is 19.1 Å². The van der Waals surface area contributed by atoms with E-state index >= 15 is 0 Å². The Bertz CT molecular complexity index is 666. The molecule has 1 aliphatic heterocycles. The van der Waals surface area contributed by atoms with Crippen molar-refractivity contribution in [2.24, 2.45) is 0 Å². The summed E-state index contributed by atoms with van der Waals surface area (Å²) in [5, 5.41) is 31.3. The van der Waals surface area contributed by atoms with Crippen molar-refractivity contribution in [1.82, 2.24) is 19.6 Å². The van der Waals surface area contributed by atoms with Crippen molar-refractivity contribution >= 4 is 17.9 Å². The first-order valence-electron chi connectivity index (χ1n) is 10.4. The van der Waals surface area contributed by atoms with Gasteiger partial charge in [-0.15, -0.1) is 0 Å². The number of carbonyl (C=O) groups is 3. The fourth-order valence-electron chi connectivity index (χ4n) is 3.23. The van der Waals surface area contributed by atoms with Crippen molar-refractivity contribution in [1.29, 1.82) is 5.26 Å². The number of hydrogen-bond donors (Lipinski definition) is 0. The van der Waals surface area contributed by atoms with Gasteiger partial charge in [-0.1, -0.05) is 0 Å². The molecule has 0 aromatic rings. The minimum absolute atomic E-state index is 0. The maximum Gasteiger partial charge on any atom is 1.00 e. The van der Waals surface area contributed by atoms with Gasteiger partial charge in [0.15, 0.2) is 0 Å². The topological polar surface area (TPSA) is 143 Å². The van der Waals surface area contributed by atoms with Crippen LogP contribution in [0.4, 0.5) is 0 Å². The number of nitriles is 1. The minimum atomic E-state index is -1.22. The summed E-state index contributed by atoms with van der Waals surface area (Å²) >= 11 is 0. The van der Waals surface area contributed by atoms with Crippen molar-refractivity contribution in [3.05, 3.63) is 0 Å². The number of carboxylic acid groups (broad SMARTS) is 2. The molecule has 1 heterocycles. The van der Waals surface area contributed by atoms with E-state index in [0.29, 0.717) is 52.4 Å². The third-order valence-electron chi connectivity index (χ3n) is 4.70. The van der Waals surface area contributed by atoms with E-state index in [9.17, 15) is 24.6 Å². The van der Waals surface area contributed by atoms with Crippen molar-refractivity contribution in [3.63, 3.8) is 0 Å². The summed E-state index contributed by atoms with van der Waals surface area (Å²) in [6.45, 7) is 8.25. The molecule has 11 nitrogen and oxygen atoms in total. The van der Waals surface area contributed by atoms with Gasteiger partial charge in [0.2, 0.25) is 0 Å². The second-order valence-corrected chi connectivity index (χ2v) is 8.59. The van der Waals surface area contributed by atoms with Gasteiger partial charge in [-0.25, -0.2) is 0 Å². The largest absolute Gasteiger partial charge is 1.00 e. The number of carbonyl (C=O) groups excluding carboxylic acids is 3. The molecule has 0 radical (unpaired) electrons. The first kappa shape index (κ1) is 43.3. The Labute approximate surface area is 285 Å². The molecule has 1 aliphatic rings. The second-order valence-electron chi connectivity index (χ2n) is 8.59. The van der Waals surface area contributed by atoms with Crippen LogP contribution >= 0.6 is 0 Å². The number of halogens is 1. The standard InChI is InChI=1S/C20H35N5O6.BrH.3Na/c1-20(2,3)31-19(30)16-25-9-7-22(5-4-21)6-8-23(14-17(26)27)10-11-24(12-13-25)15-18(28)29;;;;/h5-16H2,1-3H3,(H,26,27)(H,28,29);1H;;;/q;;3*+1/p-3. The van der Waals surface area contributed by atoms with E-state index in [0.717, 1.165) is 0 Å². The number of nitrogens with zero attached hydrogens (tertiary/aromatic N) is 5. The van der Waals surface area contributed by atoms with Gasteiger partial charge in [0.25, 0.3) is 0 Å². The fraction of sp³-hybridized carbons (Fsp3) is 0.800. The van der Waals surface area contributed by atoms with Crippen LogP contribution in [0, 0.1) is 11.3 Å². The predicted molar refractivity (Wildman–Crippen MR) is 107 cm³/mol. The third kappa shape index (κ3) is 22.9. The van der Waals surface area contributed by atoms with E-state index in [1.54, 1.807) is 30.6 Å². The summed E-state index contributed by atoms with van der Waals surface area (Å²) in [6.07, 6.45) is 0. The predicted octanol–water partition coefficient (Wildman–Crippen LogP) is -15.4. The number of hydrogen-bond acceptors (Lipinski definition) is 11. The molecule has 0 saturated carbocycles. The van der Waals surface area contributed by atoms with Gasteiger partial charge in [0.05, 0.1) is 31.1 Å². The van der Waals surface area contributed by atoms with Crippen molar-refractivity contribution in [2.75, 3.05) is 78.5 Å². The van der Waals surface area contributed by atoms with Gasteiger partial charge < -0.3 is 41.5 Å². The summed E-state index contributed by atoms with van der Waals surface area (Å²) in [5.41, 5.74) is -0.611. The van der Waals surface area contributed by atoms with E-state index in [4.69, 9.17) is 10.00 Å². The molecule has 15 heteroatoms. The zero-order valence-corrected chi connectivity index (χ0v) is 29.6. The Hall–Kier alpha value is 1.22. The molecule has 0 spiro atoms. The molecular formula is C20H33BrN5Na3O6. The van der Waals surface area contributed by atoms with Crippen LogP contribution in [0.2, 0.25) is 0 Å². The molecule has 0 aromatic carbocycles. The van der Waals surface area contributed by atoms with E-state index in [-0.39, 0.29) is 138 Å². The molecule has 0 amide bonds. The fourth-order valence-corrected chi connectivity index (χ4v) is 3.23. The van der Waals surface area contributed by atoms with Gasteiger partial charge in [0, 0.05) is 65.4 Å². The van der Waals surface area contributed by atoms with Gasteiger partial charge in [-0.05, 0) is 20.8 Å². The Balaban J connectivity index is -0.00000120. The van der Waals surface area contributed by atoms with Crippen LogP contribution in [0.1, 0.15) is 20.8 Å². The van der Waals surface area contributed by atoms with Crippen LogP contribution in [0.3, 0.4) is 0 Å². The Morgan fingerprint density at radius 3 is 1.34 bits per heavy atom. The van der Waals surface area contributed by atoms with Crippen LogP contribution in [0.25, 0.3) is 0 Å². The van der Waals surface area contributed by atoms with Gasteiger partial charge in [-0.3, -0.25) is 24.4 Å². The van der Waals surface area contributed by atoms with Crippen LogP contribution in [0.5, 0.6) is 0 Å². The Kier molecular flexibility index (Phi) is 28.6. The zero-order valence-electron chi connectivity index (χ0n) is 22.0. The number of carboxylic acids is 2. The third-order valence-corrected chi connectivity index (χ3v) is 4.70. The number of esters is 1. The minimum Gasteiger partial charge on any atom is -1.00 e. The van der Waals surface area contributed by atoms with Gasteiger partial charge in [0.1, 0.15) is 5.60 Å². The molecule has 35 heavy (non-hydrogen) atoms. The average Bonchev–Trinajstić information content (AvgIpc) is 2.61. The first-order chi connectivity index (χ1) is 14.5. The zero-order chi connectivity index (χ0) is 23.4. The second kappa shape index (κ2) is 23.1. The molecule has 0 aliphatic carbocycles. The molecule has 0 unspecified atom stereocenters. The van der Waals surface area contributed by atoms with Crippen LogP contribution in [0.15, 0.2) is 0 Å². The smallest absolute Gasteiger partial charge is 1.00 e. The Morgan fingerprint density at radius 2 is 1.06 bits per heavy atom. The normalized spacial score (nSPS) is 16.9. The van der Waals surface area contributed by atoms with Crippen molar-refractivity contribution in [2.45, 2.75) is 26.4 Å². The molecule has 0 atom stereocenters. The van der Waals surface area contributed by atoms with Crippen LogP contribution in [-0.4, -0.2) is 122 Å². The van der Waals surface area contributed by atoms with Crippen molar-refractivity contribution < 1.29 is 135 Å². The van der Waals surface area contributed by atoms with Crippen molar-refractivity contribution in [3.8, 4) is 6.07 Å². The quantitative estimate of drug-likeness (QED) is 0.159. The molecular weight excluding hydrogens is 555 g/mol. The van der Waals surface area contributed by atoms with Gasteiger partial charge in [-0.2, -0.15) is 5.26 Å². The number of ether oxygens (including phenoxy) is 1. The summed E-state index contributed by atoms with van der Waals surface area (Å²) in [6, 6.07) is 2.11. The molecule has 1 saturated heterocycles. The van der Waals surface area contributed by atoms with E-state index in [1.165, 1.54) is 0 Å². The van der Waals surface area contributed by atoms with Gasteiger partial charge >= 0.3 is 94.6 Å². The molecule has 1 fully saturated rings. The molecule has 0 N–H and O–H groups in total. The average molecular weight is 588 g/mol.